The van der Waals surface area contributed by atoms with Crippen LogP contribution in [0.15, 0.2) is 72.8 Å². The summed E-state index contributed by atoms with van der Waals surface area (Å²) >= 11 is 0. The predicted octanol–water partition coefficient (Wildman–Crippen LogP) is 4.23. The van der Waals surface area contributed by atoms with Gasteiger partial charge in [-0.05, 0) is 49.7 Å². The number of aromatic amines is 1. The van der Waals surface area contributed by atoms with E-state index in [0.717, 1.165) is 30.7 Å². The highest BCUT2D eigenvalue weighted by atomic mass is 16.3. The highest BCUT2D eigenvalue weighted by Gasteiger charge is 2.49. The number of fused-ring (bicyclic) bond motifs is 2. The van der Waals surface area contributed by atoms with Gasteiger partial charge in [-0.15, -0.1) is 0 Å². The van der Waals surface area contributed by atoms with Crippen molar-refractivity contribution in [1.29, 1.82) is 0 Å². The van der Waals surface area contributed by atoms with Crippen molar-refractivity contribution < 1.29 is 14.7 Å². The van der Waals surface area contributed by atoms with Gasteiger partial charge in [0.25, 0.3) is 5.91 Å². The lowest BCUT2D eigenvalue weighted by Gasteiger charge is -2.35. The van der Waals surface area contributed by atoms with Crippen LogP contribution in [-0.4, -0.2) is 56.3 Å². The summed E-state index contributed by atoms with van der Waals surface area (Å²) in [5.41, 5.74) is 2.15. The number of benzene rings is 3. The number of H-pyrrole nitrogens is 1. The number of hydrogen-bond donors (Lipinski definition) is 3. The van der Waals surface area contributed by atoms with Crippen LogP contribution in [0.4, 0.5) is 5.95 Å². The predicted molar refractivity (Wildman–Crippen MR) is 145 cm³/mol. The van der Waals surface area contributed by atoms with Gasteiger partial charge in [0.15, 0.2) is 5.72 Å². The minimum atomic E-state index is -1.66. The molecule has 1 fully saturated rings. The van der Waals surface area contributed by atoms with E-state index < -0.39 is 5.72 Å². The molecule has 8 nitrogen and oxygen atoms in total. The Morgan fingerprint density at radius 3 is 2.58 bits per heavy atom. The number of amides is 2. The number of hydrogen-bond acceptors (Lipinski definition) is 5. The highest BCUT2D eigenvalue weighted by molar-refractivity contribution is 6.00. The van der Waals surface area contributed by atoms with Gasteiger partial charge in [-0.25, -0.2) is 4.98 Å². The summed E-state index contributed by atoms with van der Waals surface area (Å²) in [6, 6.07) is 22.2. The summed E-state index contributed by atoms with van der Waals surface area (Å²) in [6.07, 6.45) is 4.06. The first-order chi connectivity index (χ1) is 18.5. The topological polar surface area (TPSA) is 102 Å². The molecule has 3 aromatic carbocycles. The lowest BCUT2D eigenvalue weighted by atomic mass is 9.93. The first-order valence-electron chi connectivity index (χ1n) is 13.2. The molecule has 6 rings (SSSR count). The summed E-state index contributed by atoms with van der Waals surface area (Å²) < 4.78 is 0. The van der Waals surface area contributed by atoms with E-state index in [4.69, 9.17) is 0 Å². The molecule has 38 heavy (non-hydrogen) atoms. The second kappa shape index (κ2) is 10.0. The number of nitrogens with one attached hydrogen (secondary N) is 2. The van der Waals surface area contributed by atoms with Gasteiger partial charge in [0.1, 0.15) is 0 Å². The average molecular weight is 510 g/mol. The average Bonchev–Trinajstić information content (AvgIpc) is 3.45. The van der Waals surface area contributed by atoms with Crippen LogP contribution < -0.4 is 5.32 Å². The molecule has 3 heterocycles. The lowest BCUT2D eigenvalue weighted by Crippen LogP contribution is -2.44. The molecular formula is C30H31N5O3. The quantitative estimate of drug-likeness (QED) is 0.346. The molecule has 1 aromatic heterocycles. The van der Waals surface area contributed by atoms with Crippen molar-refractivity contribution in [2.75, 3.05) is 25.0 Å². The minimum absolute atomic E-state index is 0.0853. The molecule has 0 saturated carbocycles. The van der Waals surface area contributed by atoms with Crippen molar-refractivity contribution in [3.63, 3.8) is 0 Å². The Kier molecular flexibility index (Phi) is 6.43. The largest absolute Gasteiger partial charge is 0.363 e. The summed E-state index contributed by atoms with van der Waals surface area (Å²) in [7, 11) is 0. The number of carbonyl (C=O) groups excluding carboxylic acids is 2. The molecule has 1 saturated heterocycles. The number of piperidine rings is 1. The van der Waals surface area contributed by atoms with Gasteiger partial charge in [-0.1, -0.05) is 61.0 Å². The van der Waals surface area contributed by atoms with Crippen LogP contribution in [0.5, 0.6) is 0 Å². The lowest BCUT2D eigenvalue weighted by molar-refractivity contribution is -0.116. The van der Waals surface area contributed by atoms with E-state index in [1.807, 2.05) is 42.5 Å². The molecule has 3 N–H and O–H groups in total. The van der Waals surface area contributed by atoms with Crippen LogP contribution in [0, 0.1) is 0 Å². The van der Waals surface area contributed by atoms with E-state index in [1.54, 1.807) is 30.3 Å². The first kappa shape index (κ1) is 24.3. The number of imidazole rings is 1. The molecule has 0 aliphatic carbocycles. The van der Waals surface area contributed by atoms with E-state index >= 15 is 0 Å². The van der Waals surface area contributed by atoms with Crippen LogP contribution in [0.25, 0.3) is 11.0 Å². The zero-order chi connectivity index (χ0) is 26.1. The molecular weight excluding hydrogens is 478 g/mol. The molecule has 1 atom stereocenters. The second-order valence-corrected chi connectivity index (χ2v) is 10.1. The smallest absolute Gasteiger partial charge is 0.257 e. The molecule has 0 spiro atoms. The number of rotatable bonds is 7. The van der Waals surface area contributed by atoms with E-state index in [1.165, 1.54) is 24.2 Å². The third-order valence-electron chi connectivity index (χ3n) is 7.60. The fourth-order valence-corrected chi connectivity index (χ4v) is 5.59. The van der Waals surface area contributed by atoms with Gasteiger partial charge < -0.3 is 15.0 Å². The maximum absolute atomic E-state index is 13.4. The Balaban J connectivity index is 1.27. The van der Waals surface area contributed by atoms with Crippen molar-refractivity contribution in [1.82, 2.24) is 19.8 Å². The Morgan fingerprint density at radius 1 is 1.00 bits per heavy atom. The van der Waals surface area contributed by atoms with E-state index in [-0.39, 0.29) is 18.4 Å². The monoisotopic (exact) mass is 509 g/mol. The van der Waals surface area contributed by atoms with Crippen LogP contribution in [0.1, 0.15) is 52.7 Å². The van der Waals surface area contributed by atoms with Crippen LogP contribution in [-0.2, 0) is 17.1 Å². The summed E-state index contributed by atoms with van der Waals surface area (Å²) in [5.74, 6) is 0.0606. The Hall–Kier alpha value is -4.01. The summed E-state index contributed by atoms with van der Waals surface area (Å²) in [4.78, 5) is 37.6. The maximum atomic E-state index is 13.4. The number of likely N-dealkylation sites (tertiary alicyclic amines) is 1. The first-order valence-corrected chi connectivity index (χ1v) is 13.2. The second-order valence-electron chi connectivity index (χ2n) is 10.1. The number of aromatic nitrogens is 2. The Labute approximate surface area is 221 Å². The van der Waals surface area contributed by atoms with Crippen LogP contribution in [0.2, 0.25) is 0 Å². The highest BCUT2D eigenvalue weighted by Crippen LogP contribution is 2.43. The molecule has 2 amide bonds. The number of carbonyl (C=O) groups is 2. The molecule has 1 unspecified atom stereocenters. The molecule has 0 radical (unpaired) electrons. The third-order valence-corrected chi connectivity index (χ3v) is 7.60. The van der Waals surface area contributed by atoms with Crippen molar-refractivity contribution in [2.24, 2.45) is 0 Å². The summed E-state index contributed by atoms with van der Waals surface area (Å²) in [6.45, 7) is 3.10. The van der Waals surface area contributed by atoms with Gasteiger partial charge in [0.2, 0.25) is 11.9 Å². The molecule has 2 aliphatic rings. The summed E-state index contributed by atoms with van der Waals surface area (Å²) in [5, 5.41) is 15.1. The van der Waals surface area contributed by atoms with Crippen molar-refractivity contribution in [3.05, 3.63) is 95.1 Å². The fourth-order valence-electron chi connectivity index (χ4n) is 5.59. The van der Waals surface area contributed by atoms with Gasteiger partial charge in [0.05, 0.1) is 11.0 Å². The van der Waals surface area contributed by atoms with E-state index in [0.29, 0.717) is 34.6 Å². The maximum Gasteiger partial charge on any atom is 0.257 e. The third kappa shape index (κ3) is 4.46. The van der Waals surface area contributed by atoms with Gasteiger partial charge in [0, 0.05) is 36.2 Å². The molecule has 0 bridgehead atoms. The number of nitrogens with zero attached hydrogens (tertiary/aromatic N) is 3. The van der Waals surface area contributed by atoms with Crippen LogP contribution >= 0.6 is 0 Å². The SMILES string of the molecule is O=C(CCN1CCCCC1)Nc1nc2cc(C3(O)c4ccccc4C(=O)N3Cc3ccccc3)ccc2[nH]1. The molecule has 8 heteroatoms. The number of anilines is 1. The normalized spacial score (nSPS) is 19.6. The van der Waals surface area contributed by atoms with Crippen molar-refractivity contribution in [3.8, 4) is 0 Å². The minimum Gasteiger partial charge on any atom is -0.363 e. The zero-order valence-corrected chi connectivity index (χ0v) is 21.2. The van der Waals surface area contributed by atoms with Gasteiger partial charge in [-0.2, -0.15) is 0 Å². The molecule has 2 aliphatic heterocycles. The zero-order valence-electron chi connectivity index (χ0n) is 21.2. The standard InChI is InChI=1S/C30H31N5O3/c36-27(15-18-34-16-7-2-8-17-34)33-29-31-25-14-13-22(19-26(25)32-29)30(38)24-12-6-5-11-23(24)28(37)35(30)20-21-9-3-1-4-10-21/h1,3-6,9-14,19,38H,2,7-8,15-18,20H2,(H2,31,32,33,36). The van der Waals surface area contributed by atoms with Crippen molar-refractivity contribution >= 4 is 28.8 Å². The Bertz CT molecular complexity index is 1480. The van der Waals surface area contributed by atoms with Crippen molar-refractivity contribution in [2.45, 2.75) is 38.0 Å². The molecule has 4 aromatic rings. The van der Waals surface area contributed by atoms with E-state index in [9.17, 15) is 14.7 Å². The Morgan fingerprint density at radius 2 is 1.76 bits per heavy atom. The fraction of sp³-hybridized carbons (Fsp3) is 0.300. The molecule has 194 valence electrons. The van der Waals surface area contributed by atoms with Crippen LogP contribution in [0.3, 0.4) is 0 Å². The number of aliphatic hydroxyl groups is 1. The van der Waals surface area contributed by atoms with Gasteiger partial charge in [-0.3, -0.25) is 19.8 Å². The van der Waals surface area contributed by atoms with Gasteiger partial charge >= 0.3 is 0 Å². The van der Waals surface area contributed by atoms with E-state index in [2.05, 4.69) is 20.2 Å².